The summed E-state index contributed by atoms with van der Waals surface area (Å²) in [5, 5.41) is 8.31. The van der Waals surface area contributed by atoms with Gasteiger partial charge in [0.25, 0.3) is 5.91 Å². The molecule has 3 aromatic rings. The highest BCUT2D eigenvalue weighted by Crippen LogP contribution is 2.40. The number of amidine groups is 1. The minimum atomic E-state index is -0.611. The molecule has 3 heterocycles. The molecule has 8 nitrogen and oxygen atoms in total. The first-order valence-electron chi connectivity index (χ1n) is 13.1. The van der Waals surface area contributed by atoms with Gasteiger partial charge in [0.15, 0.2) is 0 Å². The largest absolute Gasteiger partial charge is 0.328 e. The highest BCUT2D eigenvalue weighted by atomic mass is 16.2. The molecule has 0 radical (unpaired) electrons. The smallest absolute Gasteiger partial charge is 0.257 e. The number of nitrogens with one attached hydrogen (secondary N) is 1. The molecule has 184 valence electrons. The number of benzene rings is 2. The Labute approximate surface area is 210 Å². The SMILES string of the molecule is O=C(C1CC1)N1CCN(CN2C(=O)C3(CCCC3)N=C2c2ccc(-c3cccc4[nH]ncc34)cc2)C1. The molecule has 0 bridgehead atoms. The lowest BCUT2D eigenvalue weighted by molar-refractivity contribution is -0.133. The Hall–Kier alpha value is -3.52. The summed E-state index contributed by atoms with van der Waals surface area (Å²) in [4.78, 5) is 37.4. The van der Waals surface area contributed by atoms with Crippen molar-refractivity contribution in [3.8, 4) is 11.1 Å². The van der Waals surface area contributed by atoms with Gasteiger partial charge in [0.05, 0.1) is 25.1 Å². The van der Waals surface area contributed by atoms with Crippen molar-refractivity contribution in [2.24, 2.45) is 10.9 Å². The molecule has 3 fully saturated rings. The number of H-pyrrole nitrogens is 1. The third kappa shape index (κ3) is 3.54. The molecule has 7 rings (SSSR count). The first kappa shape index (κ1) is 21.7. The van der Waals surface area contributed by atoms with Crippen molar-refractivity contribution in [1.29, 1.82) is 0 Å². The fraction of sp³-hybridized carbons (Fsp3) is 0.429. The van der Waals surface area contributed by atoms with E-state index < -0.39 is 5.54 Å². The summed E-state index contributed by atoms with van der Waals surface area (Å²) in [6.07, 6.45) is 7.61. The van der Waals surface area contributed by atoms with Crippen LogP contribution in [-0.4, -0.2) is 74.5 Å². The number of carbonyl (C=O) groups excluding carboxylic acids is 2. The summed E-state index contributed by atoms with van der Waals surface area (Å²) in [5.74, 6) is 1.38. The fourth-order valence-electron chi connectivity index (χ4n) is 6.04. The van der Waals surface area contributed by atoms with Crippen LogP contribution in [0.4, 0.5) is 0 Å². The average Bonchev–Trinajstić information content (AvgIpc) is 3.25. The van der Waals surface area contributed by atoms with Gasteiger partial charge in [-0.05, 0) is 42.9 Å². The zero-order valence-electron chi connectivity index (χ0n) is 20.3. The van der Waals surface area contributed by atoms with Crippen molar-refractivity contribution in [3.05, 3.63) is 54.2 Å². The second kappa shape index (κ2) is 8.27. The molecule has 2 amide bonds. The number of aromatic nitrogens is 2. The Kier molecular flexibility index (Phi) is 4.99. The number of hydrogen-bond donors (Lipinski definition) is 1. The van der Waals surface area contributed by atoms with E-state index in [4.69, 9.17) is 4.99 Å². The van der Waals surface area contributed by atoms with Crippen LogP contribution in [0.2, 0.25) is 0 Å². The van der Waals surface area contributed by atoms with Crippen molar-refractivity contribution in [2.75, 3.05) is 26.4 Å². The van der Waals surface area contributed by atoms with Gasteiger partial charge < -0.3 is 4.90 Å². The van der Waals surface area contributed by atoms with Crippen molar-refractivity contribution in [3.63, 3.8) is 0 Å². The van der Waals surface area contributed by atoms with E-state index in [0.29, 0.717) is 13.3 Å². The lowest BCUT2D eigenvalue weighted by Gasteiger charge is -2.27. The number of aliphatic imine (C=N–C) groups is 1. The number of rotatable bonds is 5. The minimum absolute atomic E-state index is 0.120. The number of hydrogen-bond acceptors (Lipinski definition) is 5. The van der Waals surface area contributed by atoms with Gasteiger partial charge in [0.1, 0.15) is 11.4 Å². The van der Waals surface area contributed by atoms with Gasteiger partial charge >= 0.3 is 0 Å². The number of aromatic amines is 1. The average molecular weight is 483 g/mol. The van der Waals surface area contributed by atoms with Gasteiger partial charge in [-0.15, -0.1) is 0 Å². The topological polar surface area (TPSA) is 84.9 Å². The molecule has 0 unspecified atom stereocenters. The van der Waals surface area contributed by atoms with E-state index in [0.717, 1.165) is 85.0 Å². The number of fused-ring (bicyclic) bond motifs is 1. The normalized spacial score (nSPS) is 21.8. The van der Waals surface area contributed by atoms with Crippen LogP contribution in [0, 0.1) is 5.92 Å². The van der Waals surface area contributed by atoms with Gasteiger partial charge in [-0.2, -0.15) is 5.10 Å². The monoisotopic (exact) mass is 482 g/mol. The molecule has 1 aromatic heterocycles. The summed E-state index contributed by atoms with van der Waals surface area (Å²) in [6.45, 7) is 2.59. The standard InChI is InChI=1S/C28H30N6O2/c35-26(21-10-11-21)33-15-14-32(17-33)18-34-25(30-28(27(34)36)12-1-2-13-28)20-8-6-19(7-9-20)22-4-3-5-24-23(22)16-29-31-24/h3-9,16,21H,1-2,10-15,17-18H2,(H,29,31). The van der Waals surface area contributed by atoms with Gasteiger partial charge in [0.2, 0.25) is 5.91 Å². The van der Waals surface area contributed by atoms with Crippen LogP contribution < -0.4 is 0 Å². The number of nitrogens with zero attached hydrogens (tertiary/aromatic N) is 5. The first-order valence-corrected chi connectivity index (χ1v) is 13.1. The predicted molar refractivity (Wildman–Crippen MR) is 137 cm³/mol. The number of carbonyl (C=O) groups is 2. The Morgan fingerprint density at radius 3 is 2.58 bits per heavy atom. The van der Waals surface area contributed by atoms with E-state index in [1.807, 2.05) is 28.1 Å². The molecule has 4 aliphatic rings. The highest BCUT2D eigenvalue weighted by Gasteiger charge is 2.50. The van der Waals surface area contributed by atoms with Crippen molar-refractivity contribution < 1.29 is 9.59 Å². The van der Waals surface area contributed by atoms with Crippen molar-refractivity contribution in [2.45, 2.75) is 44.1 Å². The summed E-state index contributed by atoms with van der Waals surface area (Å²) in [7, 11) is 0. The van der Waals surface area contributed by atoms with Crippen LogP contribution >= 0.6 is 0 Å². The van der Waals surface area contributed by atoms with E-state index in [2.05, 4.69) is 45.4 Å². The maximum Gasteiger partial charge on any atom is 0.257 e. The Morgan fingerprint density at radius 2 is 1.81 bits per heavy atom. The summed E-state index contributed by atoms with van der Waals surface area (Å²) in [6, 6.07) is 14.5. The molecule has 2 saturated carbocycles. The van der Waals surface area contributed by atoms with E-state index >= 15 is 0 Å². The summed E-state index contributed by atoms with van der Waals surface area (Å²) >= 11 is 0. The maximum atomic E-state index is 13.7. The second-order valence-corrected chi connectivity index (χ2v) is 10.7. The van der Waals surface area contributed by atoms with Crippen molar-refractivity contribution >= 4 is 28.6 Å². The molecule has 2 aromatic carbocycles. The first-order chi connectivity index (χ1) is 17.6. The van der Waals surface area contributed by atoms with E-state index in [1.54, 1.807) is 0 Å². The van der Waals surface area contributed by atoms with Crippen LogP contribution in [0.3, 0.4) is 0 Å². The summed E-state index contributed by atoms with van der Waals surface area (Å²) < 4.78 is 0. The van der Waals surface area contributed by atoms with Gasteiger partial charge in [-0.25, -0.2) is 0 Å². The third-order valence-electron chi connectivity index (χ3n) is 8.22. The molecule has 1 N–H and O–H groups in total. The van der Waals surface area contributed by atoms with E-state index in [9.17, 15) is 9.59 Å². The van der Waals surface area contributed by atoms with Gasteiger partial charge in [-0.3, -0.25) is 29.5 Å². The quantitative estimate of drug-likeness (QED) is 0.602. The van der Waals surface area contributed by atoms with Crippen molar-refractivity contribution in [1.82, 2.24) is 24.9 Å². The van der Waals surface area contributed by atoms with Crippen LogP contribution in [0.15, 0.2) is 53.7 Å². The zero-order chi connectivity index (χ0) is 24.3. The van der Waals surface area contributed by atoms with E-state index in [1.165, 1.54) is 0 Å². The second-order valence-electron chi connectivity index (χ2n) is 10.7. The number of amides is 2. The maximum absolute atomic E-state index is 13.7. The van der Waals surface area contributed by atoms with Crippen LogP contribution in [0.1, 0.15) is 44.1 Å². The molecule has 2 aliphatic carbocycles. The third-order valence-corrected chi connectivity index (χ3v) is 8.22. The van der Waals surface area contributed by atoms with Gasteiger partial charge in [0, 0.05) is 30.0 Å². The molecule has 1 spiro atoms. The molecular formula is C28H30N6O2. The molecule has 8 heteroatoms. The zero-order valence-corrected chi connectivity index (χ0v) is 20.3. The predicted octanol–water partition coefficient (Wildman–Crippen LogP) is 3.60. The molecule has 2 aliphatic heterocycles. The van der Waals surface area contributed by atoms with Gasteiger partial charge in [-0.1, -0.05) is 49.2 Å². The van der Waals surface area contributed by atoms with Crippen LogP contribution in [0.5, 0.6) is 0 Å². The molecule has 36 heavy (non-hydrogen) atoms. The molecule has 0 atom stereocenters. The highest BCUT2D eigenvalue weighted by molar-refractivity contribution is 6.15. The van der Waals surface area contributed by atoms with Crippen LogP contribution in [-0.2, 0) is 9.59 Å². The van der Waals surface area contributed by atoms with E-state index in [-0.39, 0.29) is 17.7 Å². The Balaban J connectivity index is 1.17. The molecular weight excluding hydrogens is 452 g/mol. The lowest BCUT2D eigenvalue weighted by Crippen LogP contribution is -2.47. The van der Waals surface area contributed by atoms with Crippen LogP contribution in [0.25, 0.3) is 22.0 Å². The fourth-order valence-corrected chi connectivity index (χ4v) is 6.04. The minimum Gasteiger partial charge on any atom is -0.328 e. The molecule has 1 saturated heterocycles. The lowest BCUT2D eigenvalue weighted by atomic mass is 9.98. The summed E-state index contributed by atoms with van der Waals surface area (Å²) in [5.41, 5.74) is 3.59. The Morgan fingerprint density at radius 1 is 1.03 bits per heavy atom. The Bertz CT molecular complexity index is 1370.